The molecular weight excluding hydrogens is 312 g/mol. The summed E-state index contributed by atoms with van der Waals surface area (Å²) >= 11 is 0. The van der Waals surface area contributed by atoms with Gasteiger partial charge < -0.3 is 15.2 Å². The van der Waals surface area contributed by atoms with E-state index in [1.165, 1.54) is 5.56 Å². The molecule has 2 unspecified atom stereocenters. The Morgan fingerprint density at radius 2 is 2.00 bits per heavy atom. The van der Waals surface area contributed by atoms with Crippen molar-refractivity contribution in [1.29, 1.82) is 5.26 Å². The van der Waals surface area contributed by atoms with Crippen molar-refractivity contribution in [2.45, 2.75) is 44.4 Å². The van der Waals surface area contributed by atoms with Crippen LogP contribution in [0.2, 0.25) is 0 Å². The number of fused-ring (bicyclic) bond motifs is 1. The normalized spacial score (nSPS) is 20.4. The van der Waals surface area contributed by atoms with E-state index >= 15 is 0 Å². The molecule has 130 valence electrons. The van der Waals surface area contributed by atoms with Crippen LogP contribution in [0.1, 0.15) is 36.5 Å². The van der Waals surface area contributed by atoms with E-state index in [0.717, 1.165) is 30.4 Å². The molecule has 0 spiro atoms. The average Bonchev–Trinajstić information content (AvgIpc) is 2.63. The van der Waals surface area contributed by atoms with E-state index in [1.807, 2.05) is 48.5 Å². The highest BCUT2D eigenvalue weighted by Crippen LogP contribution is 2.34. The summed E-state index contributed by atoms with van der Waals surface area (Å²) < 4.78 is 5.45. The monoisotopic (exact) mass is 336 g/mol. The molecule has 2 atom stereocenters. The zero-order chi connectivity index (χ0) is 17.7. The first-order valence-electron chi connectivity index (χ1n) is 8.77. The summed E-state index contributed by atoms with van der Waals surface area (Å²) in [6.07, 6.45) is 2.39. The molecule has 2 aromatic carbocycles. The number of nitrogens with zero attached hydrogens (tertiary/aromatic N) is 1. The van der Waals surface area contributed by atoms with Crippen LogP contribution in [0.4, 0.5) is 0 Å². The van der Waals surface area contributed by atoms with Crippen LogP contribution in [-0.4, -0.2) is 17.8 Å². The van der Waals surface area contributed by atoms with Crippen molar-refractivity contribution in [1.82, 2.24) is 5.32 Å². The minimum atomic E-state index is -0.792. The summed E-state index contributed by atoms with van der Waals surface area (Å²) in [5.74, 6) is 0.692. The van der Waals surface area contributed by atoms with Gasteiger partial charge in [0.1, 0.15) is 17.4 Å². The molecule has 0 radical (unpaired) electrons. The molecule has 1 aliphatic rings. The molecule has 4 heteroatoms. The molecule has 25 heavy (non-hydrogen) atoms. The molecule has 0 aromatic heterocycles. The summed E-state index contributed by atoms with van der Waals surface area (Å²) in [7, 11) is 0. The summed E-state index contributed by atoms with van der Waals surface area (Å²) in [5.41, 5.74) is 2.64. The number of nitriles is 1. The molecular formula is C21H24N2O2. The number of aryl methyl sites for hydroxylation is 1. The summed E-state index contributed by atoms with van der Waals surface area (Å²) in [5, 5.41) is 23.2. The van der Waals surface area contributed by atoms with Crippen LogP contribution < -0.4 is 10.1 Å². The number of hydrogen-bond donors (Lipinski definition) is 2. The highest BCUT2D eigenvalue weighted by molar-refractivity contribution is 5.35. The smallest absolute Gasteiger partial charge is 0.181 e. The third kappa shape index (κ3) is 4.19. The van der Waals surface area contributed by atoms with Gasteiger partial charge in [0.15, 0.2) is 6.10 Å². The fourth-order valence-electron chi connectivity index (χ4n) is 3.41. The van der Waals surface area contributed by atoms with Gasteiger partial charge in [0.05, 0.1) is 0 Å². The van der Waals surface area contributed by atoms with Gasteiger partial charge >= 0.3 is 0 Å². The Labute approximate surface area is 149 Å². The Morgan fingerprint density at radius 1 is 1.24 bits per heavy atom. The van der Waals surface area contributed by atoms with Crippen LogP contribution in [0.25, 0.3) is 0 Å². The van der Waals surface area contributed by atoms with E-state index in [1.54, 1.807) is 6.92 Å². The first kappa shape index (κ1) is 17.5. The van der Waals surface area contributed by atoms with Crippen molar-refractivity contribution in [2.75, 3.05) is 6.54 Å². The topological polar surface area (TPSA) is 65.3 Å². The summed E-state index contributed by atoms with van der Waals surface area (Å²) in [4.78, 5) is 0. The highest BCUT2D eigenvalue weighted by atomic mass is 16.5. The fraction of sp³-hybridized carbons (Fsp3) is 0.381. The van der Waals surface area contributed by atoms with Gasteiger partial charge in [0.2, 0.25) is 0 Å². The number of ether oxygens (including phenoxy) is 1. The standard InChI is InChI=1S/C21H24N2O2/c1-16(13-22)25-19-10-8-17(9-11-19)14-23-15-21(24)12-4-6-18-5-2-3-7-20(18)21/h2-3,5,7-11,16,23-24H,4,6,12,14-15H2,1H3. The van der Waals surface area contributed by atoms with Gasteiger partial charge in [0.25, 0.3) is 0 Å². The minimum absolute atomic E-state index is 0.454. The maximum absolute atomic E-state index is 11.1. The van der Waals surface area contributed by atoms with Crippen molar-refractivity contribution in [3.63, 3.8) is 0 Å². The lowest BCUT2D eigenvalue weighted by Crippen LogP contribution is -2.40. The van der Waals surface area contributed by atoms with E-state index < -0.39 is 11.7 Å². The van der Waals surface area contributed by atoms with E-state index in [0.29, 0.717) is 18.8 Å². The second-order valence-corrected chi connectivity index (χ2v) is 6.68. The Balaban J connectivity index is 1.57. The maximum Gasteiger partial charge on any atom is 0.181 e. The van der Waals surface area contributed by atoms with Crippen molar-refractivity contribution < 1.29 is 9.84 Å². The Bertz CT molecular complexity index is 751. The van der Waals surface area contributed by atoms with Crippen molar-refractivity contribution in [2.24, 2.45) is 0 Å². The van der Waals surface area contributed by atoms with Gasteiger partial charge in [-0.3, -0.25) is 0 Å². The predicted octanol–water partition coefficient (Wildman–Crippen LogP) is 3.29. The van der Waals surface area contributed by atoms with Crippen molar-refractivity contribution >= 4 is 0 Å². The number of aliphatic hydroxyl groups is 1. The second-order valence-electron chi connectivity index (χ2n) is 6.68. The van der Waals surface area contributed by atoms with Crippen LogP contribution in [0.3, 0.4) is 0 Å². The zero-order valence-corrected chi connectivity index (χ0v) is 14.5. The van der Waals surface area contributed by atoms with Gasteiger partial charge in [-0.15, -0.1) is 0 Å². The Hall–Kier alpha value is -2.35. The van der Waals surface area contributed by atoms with Gasteiger partial charge in [-0.1, -0.05) is 36.4 Å². The average molecular weight is 336 g/mol. The number of nitrogens with one attached hydrogen (secondary N) is 1. The minimum Gasteiger partial charge on any atom is -0.476 e. The molecule has 0 saturated heterocycles. The third-order valence-corrected chi connectivity index (χ3v) is 4.72. The fourth-order valence-corrected chi connectivity index (χ4v) is 3.41. The Kier molecular flexibility index (Phi) is 5.37. The van der Waals surface area contributed by atoms with E-state index in [9.17, 15) is 5.11 Å². The van der Waals surface area contributed by atoms with Crippen molar-refractivity contribution in [3.05, 3.63) is 65.2 Å². The van der Waals surface area contributed by atoms with Gasteiger partial charge in [-0.05, 0) is 55.0 Å². The molecule has 0 amide bonds. The number of hydrogen-bond acceptors (Lipinski definition) is 4. The first-order valence-corrected chi connectivity index (χ1v) is 8.77. The molecule has 4 nitrogen and oxygen atoms in total. The van der Waals surface area contributed by atoms with Crippen LogP contribution in [-0.2, 0) is 18.6 Å². The molecule has 2 N–H and O–H groups in total. The quantitative estimate of drug-likeness (QED) is 0.849. The number of rotatable bonds is 6. The van der Waals surface area contributed by atoms with E-state index in [2.05, 4.69) is 11.4 Å². The van der Waals surface area contributed by atoms with Gasteiger partial charge in [-0.2, -0.15) is 5.26 Å². The van der Waals surface area contributed by atoms with Crippen molar-refractivity contribution in [3.8, 4) is 11.8 Å². The second kappa shape index (κ2) is 7.69. The SMILES string of the molecule is CC(C#N)Oc1ccc(CNCC2(O)CCCc3ccccc32)cc1. The van der Waals surface area contributed by atoms with E-state index in [-0.39, 0.29) is 0 Å². The molecule has 0 bridgehead atoms. The van der Waals surface area contributed by atoms with Crippen LogP contribution in [0, 0.1) is 11.3 Å². The van der Waals surface area contributed by atoms with Crippen LogP contribution in [0.15, 0.2) is 48.5 Å². The maximum atomic E-state index is 11.1. The van der Waals surface area contributed by atoms with E-state index in [4.69, 9.17) is 10.00 Å². The largest absolute Gasteiger partial charge is 0.476 e. The first-order chi connectivity index (χ1) is 12.1. The number of benzene rings is 2. The lowest BCUT2D eigenvalue weighted by atomic mass is 9.79. The third-order valence-electron chi connectivity index (χ3n) is 4.72. The molecule has 1 aliphatic carbocycles. The lowest BCUT2D eigenvalue weighted by molar-refractivity contribution is 0.0189. The molecule has 3 rings (SSSR count). The van der Waals surface area contributed by atoms with Gasteiger partial charge in [-0.25, -0.2) is 0 Å². The molecule has 0 saturated carbocycles. The molecule has 2 aromatic rings. The summed E-state index contributed by atoms with van der Waals surface area (Å²) in [6.45, 7) is 2.93. The lowest BCUT2D eigenvalue weighted by Gasteiger charge is -2.34. The molecule has 0 heterocycles. The van der Waals surface area contributed by atoms with Crippen LogP contribution in [0.5, 0.6) is 5.75 Å². The Morgan fingerprint density at radius 3 is 2.76 bits per heavy atom. The molecule has 0 aliphatic heterocycles. The van der Waals surface area contributed by atoms with Crippen LogP contribution >= 0.6 is 0 Å². The summed E-state index contributed by atoms with van der Waals surface area (Å²) in [6, 6.07) is 17.9. The highest BCUT2D eigenvalue weighted by Gasteiger charge is 2.33. The molecule has 0 fully saturated rings. The van der Waals surface area contributed by atoms with Gasteiger partial charge in [0, 0.05) is 13.1 Å². The zero-order valence-electron chi connectivity index (χ0n) is 14.5. The predicted molar refractivity (Wildman–Crippen MR) is 97.1 cm³/mol.